The summed E-state index contributed by atoms with van der Waals surface area (Å²) in [6.07, 6.45) is 0. The molecule has 0 aliphatic heterocycles. The number of rotatable bonds is 5. The summed E-state index contributed by atoms with van der Waals surface area (Å²) in [6.45, 7) is 1.48. The van der Waals surface area contributed by atoms with Gasteiger partial charge in [0.1, 0.15) is 17.1 Å². The minimum Gasteiger partial charge on any atom is -0.507 e. The summed E-state index contributed by atoms with van der Waals surface area (Å²) < 4.78 is 32.0. The number of ether oxygens (including phenoxy) is 1. The number of aromatic hydroxyl groups is 1. The second-order valence-electron chi connectivity index (χ2n) is 5.08. The van der Waals surface area contributed by atoms with Crippen molar-refractivity contribution >= 4 is 21.7 Å². The number of hydrogen-bond donors (Lipinski definition) is 2. The molecule has 2 N–H and O–H groups in total. The summed E-state index contributed by atoms with van der Waals surface area (Å²) in [5.41, 5.74) is 0.0659. The fraction of sp³-hybridized carbons (Fsp3) is 0.188. The van der Waals surface area contributed by atoms with E-state index in [1.54, 1.807) is 24.3 Å². The maximum atomic E-state index is 12.9. The highest BCUT2D eigenvalue weighted by Gasteiger charge is 2.27. The summed E-state index contributed by atoms with van der Waals surface area (Å²) >= 11 is 0. The Balaban J connectivity index is 2.62. The van der Waals surface area contributed by atoms with Gasteiger partial charge in [-0.05, 0) is 36.8 Å². The molecular formula is C16H17NO6S. The topological polar surface area (TPSA) is 104 Å². The zero-order valence-electron chi connectivity index (χ0n) is 13.3. The van der Waals surface area contributed by atoms with E-state index in [1.807, 2.05) is 0 Å². The number of aryl methyl sites for hydroxylation is 1. The van der Waals surface area contributed by atoms with Gasteiger partial charge in [0.25, 0.3) is 10.0 Å². The summed E-state index contributed by atoms with van der Waals surface area (Å²) in [5, 5.41) is 18.8. The van der Waals surface area contributed by atoms with Crippen molar-refractivity contribution in [1.82, 2.24) is 0 Å². The van der Waals surface area contributed by atoms with Gasteiger partial charge < -0.3 is 14.9 Å². The average Bonchev–Trinajstić information content (AvgIpc) is 2.53. The maximum absolute atomic E-state index is 12.9. The van der Waals surface area contributed by atoms with E-state index in [-0.39, 0.29) is 10.5 Å². The van der Waals surface area contributed by atoms with Crippen molar-refractivity contribution < 1.29 is 28.2 Å². The van der Waals surface area contributed by atoms with Gasteiger partial charge >= 0.3 is 5.97 Å². The molecule has 7 nitrogen and oxygen atoms in total. The van der Waals surface area contributed by atoms with Gasteiger partial charge in [0.2, 0.25) is 0 Å². The highest BCUT2D eigenvalue weighted by Crippen LogP contribution is 2.33. The van der Waals surface area contributed by atoms with Gasteiger partial charge in [-0.25, -0.2) is 13.2 Å². The third-order valence-electron chi connectivity index (χ3n) is 3.59. The number of methoxy groups -OCH3 is 1. The molecule has 0 amide bonds. The standard InChI is InChI=1S/C16H17NO6S/c1-10-8-13(18)11(16(19)20)9-15(10)24(21,22)17(2)12-6-4-5-7-14(12)23-3/h4-9,18H,1-3H3,(H,19,20). The molecule has 0 atom stereocenters. The van der Waals surface area contributed by atoms with Crippen molar-refractivity contribution in [3.8, 4) is 11.5 Å². The van der Waals surface area contributed by atoms with Gasteiger partial charge in [0, 0.05) is 7.05 Å². The van der Waals surface area contributed by atoms with Crippen LogP contribution >= 0.6 is 0 Å². The van der Waals surface area contributed by atoms with E-state index in [0.717, 1.165) is 16.4 Å². The Labute approximate surface area is 139 Å². The van der Waals surface area contributed by atoms with Crippen LogP contribution < -0.4 is 9.04 Å². The maximum Gasteiger partial charge on any atom is 0.339 e. The number of carboxylic acid groups (broad SMARTS) is 1. The van der Waals surface area contributed by atoms with Crippen LogP contribution in [0, 0.1) is 6.92 Å². The third kappa shape index (κ3) is 3.00. The molecule has 0 radical (unpaired) electrons. The number of anilines is 1. The monoisotopic (exact) mass is 351 g/mol. The van der Waals surface area contributed by atoms with Crippen LogP contribution in [0.15, 0.2) is 41.3 Å². The van der Waals surface area contributed by atoms with Crippen LogP contribution in [-0.2, 0) is 10.0 Å². The lowest BCUT2D eigenvalue weighted by Crippen LogP contribution is -2.27. The molecule has 2 rings (SSSR count). The van der Waals surface area contributed by atoms with Crippen LogP contribution in [0.3, 0.4) is 0 Å². The number of para-hydroxylation sites is 2. The van der Waals surface area contributed by atoms with E-state index in [2.05, 4.69) is 0 Å². The molecule has 2 aromatic carbocycles. The number of benzene rings is 2. The number of phenols is 1. The average molecular weight is 351 g/mol. The zero-order valence-corrected chi connectivity index (χ0v) is 14.2. The smallest absolute Gasteiger partial charge is 0.339 e. The number of carbonyl (C=O) groups is 1. The van der Waals surface area contributed by atoms with Crippen LogP contribution in [-0.4, -0.2) is 38.8 Å². The number of sulfonamides is 1. The fourth-order valence-corrected chi connectivity index (χ4v) is 3.73. The molecule has 128 valence electrons. The number of nitrogens with zero attached hydrogens (tertiary/aromatic N) is 1. The second kappa shape index (κ2) is 6.40. The van der Waals surface area contributed by atoms with Gasteiger partial charge in [-0.1, -0.05) is 12.1 Å². The third-order valence-corrected chi connectivity index (χ3v) is 5.50. The second-order valence-corrected chi connectivity index (χ2v) is 7.02. The first-order valence-corrected chi connectivity index (χ1v) is 8.33. The van der Waals surface area contributed by atoms with Crippen molar-refractivity contribution in [3.63, 3.8) is 0 Å². The molecule has 2 aromatic rings. The Kier molecular flexibility index (Phi) is 4.70. The molecule has 0 aliphatic rings. The lowest BCUT2D eigenvalue weighted by molar-refractivity contribution is 0.0693. The summed E-state index contributed by atoms with van der Waals surface area (Å²) in [5.74, 6) is -1.54. The lowest BCUT2D eigenvalue weighted by Gasteiger charge is -2.22. The van der Waals surface area contributed by atoms with E-state index >= 15 is 0 Å². The molecule has 8 heteroatoms. The Morgan fingerprint density at radius 1 is 1.21 bits per heavy atom. The zero-order chi connectivity index (χ0) is 18.1. The van der Waals surface area contributed by atoms with Crippen molar-refractivity contribution in [3.05, 3.63) is 47.5 Å². The molecule has 0 aliphatic carbocycles. The fourth-order valence-electron chi connectivity index (χ4n) is 2.29. The van der Waals surface area contributed by atoms with Crippen LogP contribution in [0.2, 0.25) is 0 Å². The van der Waals surface area contributed by atoms with E-state index in [4.69, 9.17) is 9.84 Å². The van der Waals surface area contributed by atoms with E-state index in [9.17, 15) is 18.3 Å². The molecule has 0 aromatic heterocycles. The molecule has 0 fully saturated rings. The largest absolute Gasteiger partial charge is 0.507 e. The predicted molar refractivity (Wildman–Crippen MR) is 88.4 cm³/mol. The first kappa shape index (κ1) is 17.6. The Morgan fingerprint density at radius 3 is 2.42 bits per heavy atom. The van der Waals surface area contributed by atoms with Crippen molar-refractivity contribution in [2.75, 3.05) is 18.5 Å². The van der Waals surface area contributed by atoms with E-state index < -0.39 is 27.3 Å². The Bertz CT molecular complexity index is 891. The molecule has 0 unspecified atom stereocenters. The summed E-state index contributed by atoms with van der Waals surface area (Å²) in [6, 6.07) is 8.63. The normalized spacial score (nSPS) is 11.1. The first-order chi connectivity index (χ1) is 11.2. The van der Waals surface area contributed by atoms with Crippen LogP contribution in [0.1, 0.15) is 15.9 Å². The van der Waals surface area contributed by atoms with Crippen molar-refractivity contribution in [2.45, 2.75) is 11.8 Å². The molecule has 24 heavy (non-hydrogen) atoms. The van der Waals surface area contributed by atoms with Gasteiger partial charge in [0.05, 0.1) is 17.7 Å². The van der Waals surface area contributed by atoms with Gasteiger partial charge in [-0.15, -0.1) is 0 Å². The van der Waals surface area contributed by atoms with Crippen molar-refractivity contribution in [1.29, 1.82) is 0 Å². The molecule has 0 bridgehead atoms. The van der Waals surface area contributed by atoms with Gasteiger partial charge in [-0.3, -0.25) is 4.31 Å². The lowest BCUT2D eigenvalue weighted by atomic mass is 10.1. The quantitative estimate of drug-likeness (QED) is 0.856. The summed E-state index contributed by atoms with van der Waals surface area (Å²) in [7, 11) is -1.28. The number of aromatic carboxylic acids is 1. The van der Waals surface area contributed by atoms with Crippen molar-refractivity contribution in [2.24, 2.45) is 0 Å². The molecule has 0 heterocycles. The minimum absolute atomic E-state index is 0.203. The molecule has 0 spiro atoms. The first-order valence-electron chi connectivity index (χ1n) is 6.89. The van der Waals surface area contributed by atoms with Crippen LogP contribution in [0.5, 0.6) is 11.5 Å². The van der Waals surface area contributed by atoms with Crippen LogP contribution in [0.25, 0.3) is 0 Å². The number of carboxylic acids is 1. The predicted octanol–water partition coefficient (Wildman–Crippen LogP) is 2.23. The van der Waals surface area contributed by atoms with Gasteiger partial charge in [0.15, 0.2) is 0 Å². The highest BCUT2D eigenvalue weighted by atomic mass is 32.2. The highest BCUT2D eigenvalue weighted by molar-refractivity contribution is 7.92. The molecule has 0 saturated carbocycles. The molecule has 0 saturated heterocycles. The van der Waals surface area contributed by atoms with Gasteiger partial charge in [-0.2, -0.15) is 0 Å². The minimum atomic E-state index is -4.05. The van der Waals surface area contributed by atoms with E-state index in [1.165, 1.54) is 21.1 Å². The SMILES string of the molecule is COc1ccccc1N(C)S(=O)(=O)c1cc(C(=O)O)c(O)cc1C. The Morgan fingerprint density at radius 2 is 1.83 bits per heavy atom. The van der Waals surface area contributed by atoms with E-state index in [0.29, 0.717) is 11.4 Å². The summed E-state index contributed by atoms with van der Waals surface area (Å²) in [4.78, 5) is 11.0. The number of hydrogen-bond acceptors (Lipinski definition) is 5. The Hall–Kier alpha value is -2.74. The molecular weight excluding hydrogens is 334 g/mol. The van der Waals surface area contributed by atoms with Crippen LogP contribution in [0.4, 0.5) is 5.69 Å².